The lowest BCUT2D eigenvalue weighted by atomic mass is 9.97. The van der Waals surface area contributed by atoms with Gasteiger partial charge in [0.05, 0.1) is 13.0 Å². The Morgan fingerprint density at radius 1 is 1.36 bits per heavy atom. The van der Waals surface area contributed by atoms with Crippen LogP contribution in [0.2, 0.25) is 0 Å². The number of ether oxygens (including phenoxy) is 1. The lowest BCUT2D eigenvalue weighted by molar-refractivity contribution is -0.192. The van der Waals surface area contributed by atoms with Crippen LogP contribution >= 0.6 is 11.3 Å². The fourth-order valence-corrected chi connectivity index (χ4v) is 3.41. The van der Waals surface area contributed by atoms with Gasteiger partial charge in [-0.3, -0.25) is 9.78 Å². The molecule has 0 fully saturated rings. The minimum atomic E-state index is -5.08. The van der Waals surface area contributed by atoms with Crippen molar-refractivity contribution in [2.24, 2.45) is 0 Å². The lowest BCUT2D eigenvalue weighted by Crippen LogP contribution is -2.37. The van der Waals surface area contributed by atoms with E-state index in [9.17, 15) is 18.0 Å². The molecule has 1 amide bonds. The Hall–Kier alpha value is -2.46. The molecule has 0 aliphatic carbocycles. The summed E-state index contributed by atoms with van der Waals surface area (Å²) in [5.41, 5.74) is 4.68. The first kappa shape index (κ1) is 21.8. The predicted molar refractivity (Wildman–Crippen MR) is 95.8 cm³/mol. The number of rotatable bonds is 4. The van der Waals surface area contributed by atoms with Gasteiger partial charge in [0.2, 0.25) is 5.91 Å². The quantitative estimate of drug-likeness (QED) is 0.829. The van der Waals surface area contributed by atoms with E-state index in [-0.39, 0.29) is 5.91 Å². The average molecular weight is 416 g/mol. The predicted octanol–water partition coefficient (Wildman–Crippen LogP) is 3.05. The first-order chi connectivity index (χ1) is 13.2. The third-order valence-corrected chi connectivity index (χ3v) is 4.79. The maximum Gasteiger partial charge on any atom is 0.490 e. The Balaban J connectivity index is 0.000000345. The van der Waals surface area contributed by atoms with Gasteiger partial charge in [0.15, 0.2) is 0 Å². The van der Waals surface area contributed by atoms with Crippen LogP contribution in [-0.4, -0.2) is 46.7 Å². The van der Waals surface area contributed by atoms with Crippen molar-refractivity contribution >= 4 is 23.2 Å². The largest absolute Gasteiger partial charge is 0.490 e. The summed E-state index contributed by atoms with van der Waals surface area (Å²) in [5.74, 6) is -2.57. The van der Waals surface area contributed by atoms with Crippen LogP contribution in [0.1, 0.15) is 22.3 Å². The minimum absolute atomic E-state index is 0.191. The molecule has 1 aliphatic heterocycles. The number of fused-ring (bicyclic) bond motifs is 1. The molecule has 152 valence electrons. The van der Waals surface area contributed by atoms with Crippen LogP contribution in [0.15, 0.2) is 29.2 Å². The highest BCUT2D eigenvalue weighted by Crippen LogP contribution is 2.23. The van der Waals surface area contributed by atoms with Crippen molar-refractivity contribution in [3.63, 3.8) is 0 Å². The standard InChI is InChI=1S/C16H18N2O2S.C2HF3O2/c1-20-10-14-8-17-7-13-9-18(4-2-15(13)14)16(19)6-12-3-5-21-11-12;3-2(4,5)1(6)7/h3,5,7-8,11H,2,4,6,9-10H2,1H3;(H,6,7). The van der Waals surface area contributed by atoms with E-state index in [4.69, 9.17) is 14.6 Å². The van der Waals surface area contributed by atoms with Gasteiger partial charge in [-0.05, 0) is 45.5 Å². The van der Waals surface area contributed by atoms with Crippen molar-refractivity contribution in [3.05, 3.63) is 51.5 Å². The highest BCUT2D eigenvalue weighted by molar-refractivity contribution is 7.08. The van der Waals surface area contributed by atoms with E-state index in [2.05, 4.69) is 4.98 Å². The molecule has 2 aromatic rings. The molecule has 6 nitrogen and oxygen atoms in total. The summed E-state index contributed by atoms with van der Waals surface area (Å²) in [6.45, 7) is 2.01. The molecule has 0 atom stereocenters. The zero-order valence-corrected chi connectivity index (χ0v) is 15.8. The van der Waals surface area contributed by atoms with Crippen LogP contribution in [0, 0.1) is 0 Å². The number of carbonyl (C=O) groups is 2. The van der Waals surface area contributed by atoms with E-state index in [1.807, 2.05) is 34.1 Å². The number of hydrogen-bond acceptors (Lipinski definition) is 5. The molecule has 0 aromatic carbocycles. The van der Waals surface area contributed by atoms with Crippen LogP contribution in [0.5, 0.6) is 0 Å². The Labute approximate surface area is 163 Å². The number of alkyl halides is 3. The molecule has 3 heterocycles. The first-order valence-corrected chi connectivity index (χ1v) is 9.19. The molecule has 10 heteroatoms. The molecule has 1 N–H and O–H groups in total. The molecule has 0 spiro atoms. The average Bonchev–Trinajstić information content (AvgIpc) is 3.14. The lowest BCUT2D eigenvalue weighted by Gasteiger charge is -2.29. The molecular formula is C18H19F3N2O4S. The normalized spacial score (nSPS) is 13.4. The van der Waals surface area contributed by atoms with Gasteiger partial charge in [-0.25, -0.2) is 4.79 Å². The van der Waals surface area contributed by atoms with E-state index in [1.54, 1.807) is 18.4 Å². The summed E-state index contributed by atoms with van der Waals surface area (Å²) >= 11 is 1.63. The number of aliphatic carboxylic acids is 1. The summed E-state index contributed by atoms with van der Waals surface area (Å²) in [6, 6.07) is 2.01. The van der Waals surface area contributed by atoms with Crippen molar-refractivity contribution < 1.29 is 32.6 Å². The zero-order valence-electron chi connectivity index (χ0n) is 15.0. The van der Waals surface area contributed by atoms with Crippen molar-refractivity contribution in [3.8, 4) is 0 Å². The number of hydrogen-bond donors (Lipinski definition) is 1. The van der Waals surface area contributed by atoms with E-state index in [0.29, 0.717) is 19.6 Å². The van der Waals surface area contributed by atoms with Gasteiger partial charge in [-0.15, -0.1) is 0 Å². The number of nitrogens with zero attached hydrogens (tertiary/aromatic N) is 2. The number of methoxy groups -OCH3 is 1. The topological polar surface area (TPSA) is 79.7 Å². The number of carboxylic acid groups (broad SMARTS) is 1. The monoisotopic (exact) mass is 416 g/mol. The van der Waals surface area contributed by atoms with Crippen LogP contribution in [0.3, 0.4) is 0 Å². The highest BCUT2D eigenvalue weighted by atomic mass is 32.1. The SMILES string of the molecule is COCc1cncc2c1CCN(C(=O)Cc1ccsc1)C2.O=C(O)C(F)(F)F. The van der Waals surface area contributed by atoms with E-state index in [0.717, 1.165) is 29.7 Å². The maximum absolute atomic E-state index is 12.4. The van der Waals surface area contributed by atoms with Crippen molar-refractivity contribution in [1.82, 2.24) is 9.88 Å². The van der Waals surface area contributed by atoms with Crippen LogP contribution in [0.4, 0.5) is 13.2 Å². The summed E-state index contributed by atoms with van der Waals surface area (Å²) in [6.07, 6.45) is 0.0274. The molecule has 0 unspecified atom stereocenters. The van der Waals surface area contributed by atoms with Crippen molar-refractivity contribution in [2.75, 3.05) is 13.7 Å². The Morgan fingerprint density at radius 3 is 2.64 bits per heavy atom. The van der Waals surface area contributed by atoms with Gasteiger partial charge in [-0.1, -0.05) is 0 Å². The van der Waals surface area contributed by atoms with Crippen molar-refractivity contribution in [1.29, 1.82) is 0 Å². The summed E-state index contributed by atoms with van der Waals surface area (Å²) < 4.78 is 37.0. The molecule has 0 saturated heterocycles. The molecule has 0 bridgehead atoms. The number of halogens is 3. The van der Waals surface area contributed by atoms with E-state index < -0.39 is 12.1 Å². The highest BCUT2D eigenvalue weighted by Gasteiger charge is 2.38. The maximum atomic E-state index is 12.4. The van der Waals surface area contributed by atoms with Crippen molar-refractivity contribution in [2.45, 2.75) is 32.2 Å². The first-order valence-electron chi connectivity index (χ1n) is 8.25. The fourth-order valence-electron chi connectivity index (χ4n) is 2.74. The van der Waals surface area contributed by atoms with E-state index >= 15 is 0 Å². The molecule has 1 aliphatic rings. The van der Waals surface area contributed by atoms with Gasteiger partial charge >= 0.3 is 12.1 Å². The van der Waals surface area contributed by atoms with E-state index in [1.165, 1.54) is 5.56 Å². The number of thiophene rings is 1. The Kier molecular flexibility index (Phi) is 7.53. The smallest absolute Gasteiger partial charge is 0.475 e. The second-order valence-corrected chi connectivity index (χ2v) is 6.83. The van der Waals surface area contributed by atoms with Crippen LogP contribution in [0.25, 0.3) is 0 Å². The van der Waals surface area contributed by atoms with Gasteiger partial charge in [0, 0.05) is 32.6 Å². The van der Waals surface area contributed by atoms with Gasteiger partial charge in [0.1, 0.15) is 0 Å². The number of pyridine rings is 1. The molecule has 0 saturated carbocycles. The van der Waals surface area contributed by atoms with Crippen LogP contribution < -0.4 is 0 Å². The Bertz CT molecular complexity index is 810. The number of carboxylic acids is 1. The number of amides is 1. The molecule has 28 heavy (non-hydrogen) atoms. The fraction of sp³-hybridized carbons (Fsp3) is 0.389. The van der Waals surface area contributed by atoms with Gasteiger partial charge in [0.25, 0.3) is 0 Å². The summed E-state index contributed by atoms with van der Waals surface area (Å²) in [4.78, 5) is 27.5. The Morgan fingerprint density at radius 2 is 2.07 bits per heavy atom. The van der Waals surface area contributed by atoms with Gasteiger partial charge in [-0.2, -0.15) is 24.5 Å². The van der Waals surface area contributed by atoms with Gasteiger partial charge < -0.3 is 14.7 Å². The minimum Gasteiger partial charge on any atom is -0.475 e. The van der Waals surface area contributed by atoms with Crippen LogP contribution in [-0.2, 0) is 40.3 Å². The summed E-state index contributed by atoms with van der Waals surface area (Å²) in [7, 11) is 1.69. The number of aromatic nitrogens is 1. The number of carbonyl (C=O) groups excluding carboxylic acids is 1. The molecule has 3 rings (SSSR count). The third-order valence-electron chi connectivity index (χ3n) is 4.06. The summed E-state index contributed by atoms with van der Waals surface area (Å²) in [5, 5.41) is 11.2. The molecule has 2 aromatic heterocycles. The second-order valence-electron chi connectivity index (χ2n) is 6.05. The molecular weight excluding hydrogens is 397 g/mol. The second kappa shape index (κ2) is 9.65. The zero-order chi connectivity index (χ0) is 20.7. The molecule has 0 radical (unpaired) electrons. The third kappa shape index (κ3) is 6.03.